The van der Waals surface area contributed by atoms with E-state index in [9.17, 15) is 4.39 Å². The largest absolute Gasteiger partial charge is 0.322 e. The number of hydrogen-bond donors (Lipinski definition) is 1. The Morgan fingerprint density at radius 2 is 1.72 bits per heavy atom. The lowest BCUT2D eigenvalue weighted by Crippen LogP contribution is -2.33. The molecule has 2 aromatic carbocycles. The number of rotatable bonds is 3. The fourth-order valence-corrected chi connectivity index (χ4v) is 2.14. The first-order valence-electron chi connectivity index (χ1n) is 6.19. The van der Waals surface area contributed by atoms with Crippen LogP contribution in [0.1, 0.15) is 25.8 Å². The lowest BCUT2D eigenvalue weighted by atomic mass is 9.84. The van der Waals surface area contributed by atoms with Crippen molar-refractivity contribution in [2.75, 3.05) is 0 Å². The highest BCUT2D eigenvalue weighted by Gasteiger charge is 2.26. The highest BCUT2D eigenvalue weighted by molar-refractivity contribution is 5.68. The maximum Gasteiger partial charge on any atom is 0.128 e. The Bertz CT molecular complexity index is 532. The summed E-state index contributed by atoms with van der Waals surface area (Å²) >= 11 is 0. The summed E-state index contributed by atoms with van der Waals surface area (Å²) in [5.41, 5.74) is 8.05. The molecule has 1 atom stereocenters. The van der Waals surface area contributed by atoms with E-state index in [-0.39, 0.29) is 5.82 Å². The van der Waals surface area contributed by atoms with Crippen LogP contribution in [-0.4, -0.2) is 0 Å². The van der Waals surface area contributed by atoms with Crippen molar-refractivity contribution in [2.45, 2.75) is 25.8 Å². The molecule has 2 rings (SSSR count). The predicted octanol–water partition coefficient (Wildman–Crippen LogP) is 4.08. The van der Waals surface area contributed by atoms with E-state index in [1.165, 1.54) is 6.07 Å². The minimum absolute atomic E-state index is 0.233. The first kappa shape index (κ1) is 12.8. The van der Waals surface area contributed by atoms with E-state index in [0.29, 0.717) is 12.0 Å². The second kappa shape index (κ2) is 4.91. The Morgan fingerprint density at radius 3 is 2.33 bits per heavy atom. The number of halogens is 1. The molecule has 0 fully saturated rings. The van der Waals surface area contributed by atoms with Gasteiger partial charge in [-0.3, -0.25) is 0 Å². The molecule has 94 valence electrons. The van der Waals surface area contributed by atoms with Gasteiger partial charge in [-0.05, 0) is 30.5 Å². The van der Waals surface area contributed by atoms with Gasteiger partial charge < -0.3 is 5.73 Å². The van der Waals surface area contributed by atoms with Crippen LogP contribution in [0.15, 0.2) is 48.5 Å². The SMILES string of the molecule is CCC(C)(N)c1c(F)cccc1-c1ccccc1. The molecule has 0 heterocycles. The fraction of sp³-hybridized carbons (Fsp3) is 0.250. The maximum atomic E-state index is 14.1. The number of hydrogen-bond acceptors (Lipinski definition) is 1. The minimum atomic E-state index is -0.656. The van der Waals surface area contributed by atoms with E-state index >= 15 is 0 Å². The standard InChI is InChI=1S/C16H18FN/c1-3-16(2,18)15-13(10-7-11-14(15)17)12-8-5-4-6-9-12/h4-11H,3,18H2,1-2H3. The molecule has 0 saturated heterocycles. The van der Waals surface area contributed by atoms with E-state index in [4.69, 9.17) is 5.73 Å². The predicted molar refractivity (Wildman–Crippen MR) is 73.7 cm³/mol. The first-order chi connectivity index (χ1) is 8.56. The van der Waals surface area contributed by atoms with Crippen molar-refractivity contribution in [3.05, 3.63) is 59.9 Å². The number of benzene rings is 2. The lowest BCUT2D eigenvalue weighted by molar-refractivity contribution is 0.447. The zero-order chi connectivity index (χ0) is 13.2. The Labute approximate surface area is 107 Å². The molecular formula is C16H18FN. The molecular weight excluding hydrogens is 225 g/mol. The molecule has 0 aliphatic carbocycles. The quantitative estimate of drug-likeness (QED) is 0.863. The van der Waals surface area contributed by atoms with Crippen molar-refractivity contribution in [2.24, 2.45) is 5.73 Å². The summed E-state index contributed by atoms with van der Waals surface area (Å²) in [6, 6.07) is 14.9. The summed E-state index contributed by atoms with van der Waals surface area (Å²) in [5, 5.41) is 0. The van der Waals surface area contributed by atoms with Gasteiger partial charge in [0.05, 0.1) is 0 Å². The summed E-state index contributed by atoms with van der Waals surface area (Å²) in [7, 11) is 0. The smallest absolute Gasteiger partial charge is 0.128 e. The Balaban J connectivity index is 2.66. The molecule has 0 spiro atoms. The van der Waals surface area contributed by atoms with Gasteiger partial charge >= 0.3 is 0 Å². The van der Waals surface area contributed by atoms with Crippen LogP contribution in [0, 0.1) is 5.82 Å². The molecule has 0 radical (unpaired) electrons. The maximum absolute atomic E-state index is 14.1. The molecule has 1 unspecified atom stereocenters. The van der Waals surface area contributed by atoms with Gasteiger partial charge in [0, 0.05) is 11.1 Å². The van der Waals surface area contributed by atoms with Crippen LogP contribution in [0.2, 0.25) is 0 Å². The van der Waals surface area contributed by atoms with Crippen LogP contribution in [0.3, 0.4) is 0 Å². The van der Waals surface area contributed by atoms with Gasteiger partial charge in [0.2, 0.25) is 0 Å². The van der Waals surface area contributed by atoms with E-state index in [1.54, 1.807) is 6.07 Å². The van der Waals surface area contributed by atoms with Gasteiger partial charge in [-0.1, -0.05) is 49.4 Å². The summed E-state index contributed by atoms with van der Waals surface area (Å²) in [6.45, 7) is 3.85. The second-order valence-electron chi connectivity index (χ2n) is 4.80. The molecule has 0 aromatic heterocycles. The van der Waals surface area contributed by atoms with Gasteiger partial charge in [0.25, 0.3) is 0 Å². The van der Waals surface area contributed by atoms with Crippen molar-refractivity contribution in [1.29, 1.82) is 0 Å². The third kappa shape index (κ3) is 2.29. The van der Waals surface area contributed by atoms with Crippen LogP contribution >= 0.6 is 0 Å². The van der Waals surface area contributed by atoms with E-state index in [1.807, 2.05) is 50.2 Å². The van der Waals surface area contributed by atoms with Crippen LogP contribution in [-0.2, 0) is 5.54 Å². The molecule has 0 bridgehead atoms. The monoisotopic (exact) mass is 243 g/mol. The van der Waals surface area contributed by atoms with Crippen molar-refractivity contribution >= 4 is 0 Å². The average Bonchev–Trinajstić information content (AvgIpc) is 2.39. The number of nitrogens with two attached hydrogens (primary N) is 1. The molecule has 0 aliphatic rings. The Hall–Kier alpha value is -1.67. The lowest BCUT2D eigenvalue weighted by Gasteiger charge is -2.27. The van der Waals surface area contributed by atoms with Gasteiger partial charge in [-0.2, -0.15) is 0 Å². The first-order valence-corrected chi connectivity index (χ1v) is 6.19. The van der Waals surface area contributed by atoms with E-state index < -0.39 is 5.54 Å². The van der Waals surface area contributed by atoms with Gasteiger partial charge in [0.15, 0.2) is 0 Å². The normalized spacial score (nSPS) is 14.2. The summed E-state index contributed by atoms with van der Waals surface area (Å²) in [6.07, 6.45) is 0.688. The van der Waals surface area contributed by atoms with E-state index in [2.05, 4.69) is 0 Å². The van der Waals surface area contributed by atoms with Crippen molar-refractivity contribution in [3.8, 4) is 11.1 Å². The summed E-state index contributed by atoms with van der Waals surface area (Å²) in [5.74, 6) is -0.233. The summed E-state index contributed by atoms with van der Waals surface area (Å²) < 4.78 is 14.1. The van der Waals surface area contributed by atoms with Crippen molar-refractivity contribution in [3.63, 3.8) is 0 Å². The molecule has 0 saturated carbocycles. The zero-order valence-corrected chi connectivity index (χ0v) is 10.8. The Kier molecular flexibility index (Phi) is 3.48. The molecule has 2 N–H and O–H groups in total. The topological polar surface area (TPSA) is 26.0 Å². The third-order valence-electron chi connectivity index (χ3n) is 3.40. The molecule has 2 aromatic rings. The van der Waals surface area contributed by atoms with Gasteiger partial charge in [0.1, 0.15) is 5.82 Å². The second-order valence-corrected chi connectivity index (χ2v) is 4.80. The third-order valence-corrected chi connectivity index (χ3v) is 3.40. The van der Waals surface area contributed by atoms with Crippen LogP contribution < -0.4 is 5.73 Å². The van der Waals surface area contributed by atoms with Gasteiger partial charge in [-0.15, -0.1) is 0 Å². The molecule has 1 nitrogen and oxygen atoms in total. The summed E-state index contributed by atoms with van der Waals surface area (Å²) in [4.78, 5) is 0. The fourth-order valence-electron chi connectivity index (χ4n) is 2.14. The Morgan fingerprint density at radius 1 is 1.06 bits per heavy atom. The van der Waals surface area contributed by atoms with Crippen LogP contribution in [0.4, 0.5) is 4.39 Å². The highest BCUT2D eigenvalue weighted by Crippen LogP contribution is 2.34. The average molecular weight is 243 g/mol. The van der Waals surface area contributed by atoms with Crippen LogP contribution in [0.25, 0.3) is 11.1 Å². The van der Waals surface area contributed by atoms with E-state index in [0.717, 1.165) is 11.1 Å². The molecule has 2 heteroatoms. The van der Waals surface area contributed by atoms with Gasteiger partial charge in [-0.25, -0.2) is 4.39 Å². The zero-order valence-electron chi connectivity index (χ0n) is 10.8. The molecule has 0 aliphatic heterocycles. The molecule has 0 amide bonds. The van der Waals surface area contributed by atoms with Crippen molar-refractivity contribution < 1.29 is 4.39 Å². The van der Waals surface area contributed by atoms with Crippen molar-refractivity contribution in [1.82, 2.24) is 0 Å². The molecule has 18 heavy (non-hydrogen) atoms. The minimum Gasteiger partial charge on any atom is -0.322 e. The van der Waals surface area contributed by atoms with Crippen LogP contribution in [0.5, 0.6) is 0 Å². The highest BCUT2D eigenvalue weighted by atomic mass is 19.1.